The molecule has 1 N–H and O–H groups in total. The van der Waals surface area contributed by atoms with Crippen LogP contribution in [0, 0.1) is 0 Å². The molecule has 0 saturated heterocycles. The van der Waals surface area contributed by atoms with Crippen molar-refractivity contribution in [2.45, 2.75) is 13.3 Å². The lowest BCUT2D eigenvalue weighted by atomic mass is 9.96. The Bertz CT molecular complexity index is 1070. The molecule has 0 atom stereocenters. The number of likely N-dealkylation sites (N-methyl/N-ethyl adjacent to an activating group) is 1. The number of amides is 3. The van der Waals surface area contributed by atoms with Gasteiger partial charge >= 0.3 is 0 Å². The molecule has 1 aliphatic rings. The maximum Gasteiger partial charge on any atom is 0.261 e. The van der Waals surface area contributed by atoms with E-state index in [1.54, 1.807) is 30.3 Å². The lowest BCUT2D eigenvalue weighted by Crippen LogP contribution is -2.33. The van der Waals surface area contributed by atoms with Gasteiger partial charge in [-0.2, -0.15) is 0 Å². The van der Waals surface area contributed by atoms with Crippen LogP contribution >= 0.6 is 0 Å². The fourth-order valence-electron chi connectivity index (χ4n) is 3.48. The van der Waals surface area contributed by atoms with Crippen molar-refractivity contribution in [1.29, 1.82) is 0 Å². The molecule has 174 valence electrons. The van der Waals surface area contributed by atoms with E-state index in [0.717, 1.165) is 11.3 Å². The Labute approximate surface area is 191 Å². The molecule has 9 heteroatoms. The molecule has 1 aliphatic heterocycles. The van der Waals surface area contributed by atoms with Gasteiger partial charge in [-0.3, -0.25) is 24.1 Å². The Kier molecular flexibility index (Phi) is 8.05. The second-order valence-electron chi connectivity index (χ2n) is 7.54. The number of aliphatic hydroxyl groups is 1. The smallest absolute Gasteiger partial charge is 0.261 e. The molecule has 9 nitrogen and oxygen atoms in total. The molecule has 2 aromatic rings. The van der Waals surface area contributed by atoms with Crippen LogP contribution in [0.25, 0.3) is 11.1 Å². The zero-order valence-corrected chi connectivity index (χ0v) is 18.6. The van der Waals surface area contributed by atoms with Gasteiger partial charge in [0.1, 0.15) is 6.61 Å². The van der Waals surface area contributed by atoms with Crippen molar-refractivity contribution in [3.05, 3.63) is 58.7 Å². The maximum atomic E-state index is 12.8. The predicted molar refractivity (Wildman–Crippen MR) is 119 cm³/mol. The third-order valence-electron chi connectivity index (χ3n) is 5.27. The quantitative estimate of drug-likeness (QED) is 0.182. The first-order chi connectivity index (χ1) is 15.9. The van der Waals surface area contributed by atoms with E-state index in [-0.39, 0.29) is 43.0 Å². The van der Waals surface area contributed by atoms with Crippen LogP contribution in [-0.2, 0) is 9.78 Å². The molecule has 0 saturated carbocycles. The highest BCUT2D eigenvalue weighted by atomic mass is 17.2. The molecule has 0 unspecified atom stereocenters. The summed E-state index contributed by atoms with van der Waals surface area (Å²) in [5, 5.41) is 9.10. The van der Waals surface area contributed by atoms with Crippen molar-refractivity contribution in [2.24, 2.45) is 0 Å². The number of carbonyl (C=O) groups is 4. The molecule has 2 aromatic carbocycles. The van der Waals surface area contributed by atoms with Crippen LogP contribution in [0.5, 0.6) is 0 Å². The minimum Gasteiger partial charge on any atom is -0.395 e. The van der Waals surface area contributed by atoms with E-state index in [2.05, 4.69) is 0 Å². The molecule has 0 aromatic heterocycles. The summed E-state index contributed by atoms with van der Waals surface area (Å²) >= 11 is 0. The number of aliphatic hydroxyl groups excluding tert-OH is 1. The van der Waals surface area contributed by atoms with E-state index < -0.39 is 17.7 Å². The summed E-state index contributed by atoms with van der Waals surface area (Å²) in [4.78, 5) is 62.0. The number of benzene rings is 2. The topological polar surface area (TPSA) is 113 Å². The highest BCUT2D eigenvalue weighted by Gasteiger charge is 2.35. The van der Waals surface area contributed by atoms with Crippen molar-refractivity contribution in [3.8, 4) is 11.1 Å². The number of fused-ring (bicyclic) bond motifs is 1. The molecule has 0 fully saturated rings. The summed E-state index contributed by atoms with van der Waals surface area (Å²) in [6, 6.07) is 9.64. The Morgan fingerprint density at radius 3 is 2.39 bits per heavy atom. The van der Waals surface area contributed by atoms with Gasteiger partial charge in [-0.05, 0) is 35.7 Å². The van der Waals surface area contributed by atoms with E-state index in [1.807, 2.05) is 6.92 Å². The van der Waals surface area contributed by atoms with E-state index in [1.165, 1.54) is 18.0 Å². The van der Waals surface area contributed by atoms with Crippen LogP contribution < -0.4 is 0 Å². The average molecular weight is 454 g/mol. The molecule has 0 spiro atoms. The Balaban J connectivity index is 1.85. The van der Waals surface area contributed by atoms with Crippen molar-refractivity contribution in [1.82, 2.24) is 9.80 Å². The second kappa shape index (κ2) is 11.0. The van der Waals surface area contributed by atoms with Gasteiger partial charge in [0.2, 0.25) is 0 Å². The summed E-state index contributed by atoms with van der Waals surface area (Å²) in [5.41, 5.74) is 2.19. The van der Waals surface area contributed by atoms with Crippen molar-refractivity contribution < 1.29 is 34.1 Å². The number of nitrogens with zero attached hydrogens (tertiary/aromatic N) is 2. The Morgan fingerprint density at radius 1 is 1.03 bits per heavy atom. The van der Waals surface area contributed by atoms with Crippen LogP contribution in [0.1, 0.15) is 54.8 Å². The second-order valence-corrected chi connectivity index (χ2v) is 7.54. The number of imide groups is 1. The van der Waals surface area contributed by atoms with E-state index >= 15 is 0 Å². The number of hydrogen-bond donors (Lipinski definition) is 1. The first-order valence-corrected chi connectivity index (χ1v) is 10.6. The minimum atomic E-state index is -0.431. The monoisotopic (exact) mass is 454 g/mol. The molecule has 0 aliphatic carbocycles. The lowest BCUT2D eigenvalue weighted by molar-refractivity contribution is -0.294. The summed E-state index contributed by atoms with van der Waals surface area (Å²) in [7, 11) is 1.53. The molecular formula is C24H26N2O7. The maximum absolute atomic E-state index is 12.8. The number of carbonyl (C=O) groups excluding carboxylic acids is 4. The number of hydrogen-bond acceptors (Lipinski definition) is 7. The van der Waals surface area contributed by atoms with Gasteiger partial charge in [-0.1, -0.05) is 25.1 Å². The van der Waals surface area contributed by atoms with Crippen LogP contribution in [0.15, 0.2) is 36.4 Å². The van der Waals surface area contributed by atoms with Crippen molar-refractivity contribution in [3.63, 3.8) is 0 Å². The molecule has 3 rings (SSSR count). The predicted octanol–water partition coefficient (Wildman–Crippen LogP) is 2.18. The van der Waals surface area contributed by atoms with Crippen molar-refractivity contribution in [2.75, 3.05) is 40.0 Å². The molecule has 33 heavy (non-hydrogen) atoms. The molecule has 0 radical (unpaired) electrons. The fourth-order valence-corrected chi connectivity index (χ4v) is 3.48. The van der Waals surface area contributed by atoms with Gasteiger partial charge < -0.3 is 10.0 Å². The minimum absolute atomic E-state index is 0.0647. The van der Waals surface area contributed by atoms with Gasteiger partial charge in [0, 0.05) is 19.2 Å². The Hall–Kier alpha value is -3.40. The summed E-state index contributed by atoms with van der Waals surface area (Å²) in [6.45, 7) is 2.41. The van der Waals surface area contributed by atoms with E-state index in [4.69, 9.17) is 14.9 Å². The van der Waals surface area contributed by atoms with E-state index in [9.17, 15) is 19.2 Å². The zero-order chi connectivity index (χ0) is 24.0. The van der Waals surface area contributed by atoms with Crippen LogP contribution in [0.2, 0.25) is 0 Å². The Morgan fingerprint density at radius 2 is 1.70 bits per heavy atom. The van der Waals surface area contributed by atoms with Gasteiger partial charge in [-0.15, -0.1) is 0 Å². The fraction of sp³-hybridized carbons (Fsp3) is 0.333. The molecular weight excluding hydrogens is 428 g/mol. The van der Waals surface area contributed by atoms with Gasteiger partial charge in [-0.25, -0.2) is 9.78 Å². The van der Waals surface area contributed by atoms with Crippen LogP contribution in [0.4, 0.5) is 0 Å². The molecule has 0 bridgehead atoms. The largest absolute Gasteiger partial charge is 0.395 e. The standard InChI is InChI=1S/C24H26N2O7/c1-3-11-32-33-12-9-26-23(30)19-7-6-17(14-21(19)24(26)31)16-4-5-18(15-28)20(13-16)22(29)25(2)8-10-27/h4-7,13-15,27H,3,8-12H2,1-2H3. The normalized spacial score (nSPS) is 12.8. The first kappa shape index (κ1) is 24.2. The zero-order valence-electron chi connectivity index (χ0n) is 18.6. The molecule has 1 heterocycles. The number of rotatable bonds is 11. The van der Waals surface area contributed by atoms with Gasteiger partial charge in [0.15, 0.2) is 6.29 Å². The van der Waals surface area contributed by atoms with E-state index in [0.29, 0.717) is 29.6 Å². The highest BCUT2D eigenvalue weighted by Crippen LogP contribution is 2.30. The summed E-state index contributed by atoms with van der Waals surface area (Å²) in [6.07, 6.45) is 1.38. The van der Waals surface area contributed by atoms with Gasteiger partial charge in [0.25, 0.3) is 17.7 Å². The first-order valence-electron chi connectivity index (χ1n) is 10.6. The van der Waals surface area contributed by atoms with Crippen molar-refractivity contribution >= 4 is 24.0 Å². The third-order valence-corrected chi connectivity index (χ3v) is 5.27. The SMILES string of the molecule is CCCOOCCN1C(=O)c2ccc(-c3ccc(C=O)c(C(=O)N(C)CCO)c3)cc2C1=O. The highest BCUT2D eigenvalue weighted by molar-refractivity contribution is 6.21. The molecule has 3 amide bonds. The number of aldehydes is 1. The van der Waals surface area contributed by atoms with Crippen LogP contribution in [0.3, 0.4) is 0 Å². The van der Waals surface area contributed by atoms with Crippen LogP contribution in [-0.4, -0.2) is 78.9 Å². The summed E-state index contributed by atoms with van der Waals surface area (Å²) in [5.74, 6) is -1.24. The summed E-state index contributed by atoms with van der Waals surface area (Å²) < 4.78 is 0. The lowest BCUT2D eigenvalue weighted by Gasteiger charge is -2.17. The third kappa shape index (κ3) is 5.16. The average Bonchev–Trinajstić information content (AvgIpc) is 3.07. The van der Waals surface area contributed by atoms with Gasteiger partial charge in [0.05, 0.1) is 36.4 Å².